The van der Waals surface area contributed by atoms with E-state index in [0.717, 1.165) is 66.7 Å². The summed E-state index contributed by atoms with van der Waals surface area (Å²) in [7, 11) is 0. The van der Waals surface area contributed by atoms with Gasteiger partial charge in [0.1, 0.15) is 57.3 Å². The van der Waals surface area contributed by atoms with Crippen LogP contribution in [0.25, 0.3) is 0 Å². The number of hydrogen-bond acceptors (Lipinski definition) is 9. The standard InChI is InChI=1S/C22H12F8N2O4.C15H6ClF7O3.C7H7FN2O/c23-15-9-10(1-6-13(15)19(31)33)32-20(34)17-16(8-7-14(18(17)24)21(25,26)27)35-11-2-4-12(5-3-11)36-22(28,29)30;16-13(24)11-10(6-5-9(12(11)17)14(18,19)20)25-7-1-3-8(4-2-7)26-15(21,22)23;8-6-3-4(9)1-2-5(6)7(10)11/h1-9H,(H2,31,33)(H,32,34);1-6H;1-3H,9H2,(H2,10,11). The van der Waals surface area contributed by atoms with E-state index >= 15 is 0 Å². The Labute approximate surface area is 401 Å². The number of nitrogens with one attached hydrogen (secondary N) is 1. The van der Waals surface area contributed by atoms with E-state index in [1.54, 1.807) is 0 Å². The number of nitrogens with two attached hydrogens (primary N) is 3. The van der Waals surface area contributed by atoms with Gasteiger partial charge in [0.2, 0.25) is 0 Å². The minimum absolute atomic E-state index is 0.140. The maximum atomic E-state index is 14.8. The molecule has 0 bridgehead atoms. The number of rotatable bonds is 11. The summed E-state index contributed by atoms with van der Waals surface area (Å²) in [4.78, 5) is 45.6. The van der Waals surface area contributed by atoms with E-state index in [0.29, 0.717) is 30.3 Å². The monoisotopic (exact) mass is 1080 g/mol. The number of nitrogen functional groups attached to an aromatic ring is 1. The third-order valence-corrected chi connectivity index (χ3v) is 8.75. The Morgan fingerprint density at radius 1 is 0.479 bits per heavy atom. The Morgan fingerprint density at radius 2 is 0.849 bits per heavy atom. The zero-order valence-corrected chi connectivity index (χ0v) is 36.1. The van der Waals surface area contributed by atoms with Gasteiger partial charge in [0.05, 0.1) is 22.3 Å². The van der Waals surface area contributed by atoms with Crippen LogP contribution < -0.4 is 41.5 Å². The normalized spacial score (nSPS) is 11.5. The lowest BCUT2D eigenvalue weighted by atomic mass is 10.1. The highest BCUT2D eigenvalue weighted by molar-refractivity contribution is 6.68. The highest BCUT2D eigenvalue weighted by atomic mass is 35.5. The molecular weight excluding hydrogens is 1050 g/mol. The molecule has 0 aliphatic carbocycles. The number of carbonyl (C=O) groups is 4. The average molecular weight is 1080 g/mol. The molecule has 6 rings (SSSR count). The van der Waals surface area contributed by atoms with Crippen LogP contribution in [-0.4, -0.2) is 35.7 Å². The quantitative estimate of drug-likeness (QED) is 0.0554. The molecule has 0 fully saturated rings. The average Bonchev–Trinajstić information content (AvgIpc) is 3.23. The molecule has 3 amide bonds. The van der Waals surface area contributed by atoms with Crippen LogP contribution in [0.4, 0.5) is 81.6 Å². The smallest absolute Gasteiger partial charge is 0.456 e. The molecule has 0 aliphatic rings. The van der Waals surface area contributed by atoms with Gasteiger partial charge in [-0.25, -0.2) is 17.6 Å². The molecule has 0 unspecified atom stereocenters. The second-order valence-corrected chi connectivity index (χ2v) is 14.1. The highest BCUT2D eigenvalue weighted by Crippen LogP contribution is 2.40. The molecule has 0 spiro atoms. The first-order valence-corrected chi connectivity index (χ1v) is 19.3. The number of alkyl halides is 12. The fourth-order valence-electron chi connectivity index (χ4n) is 5.51. The highest BCUT2D eigenvalue weighted by Gasteiger charge is 2.39. The van der Waals surface area contributed by atoms with Crippen LogP contribution in [0.15, 0.2) is 109 Å². The van der Waals surface area contributed by atoms with Crippen molar-refractivity contribution in [1.82, 2.24) is 0 Å². The van der Waals surface area contributed by atoms with Crippen LogP contribution in [0.5, 0.6) is 34.5 Å². The number of hydrogen-bond donors (Lipinski definition) is 4. The molecule has 7 N–H and O–H groups in total. The maximum absolute atomic E-state index is 14.8. The molecule has 0 atom stereocenters. The van der Waals surface area contributed by atoms with Crippen LogP contribution in [-0.2, 0) is 12.4 Å². The molecule has 29 heteroatoms. The predicted molar refractivity (Wildman–Crippen MR) is 222 cm³/mol. The van der Waals surface area contributed by atoms with Gasteiger partial charge in [0, 0.05) is 11.4 Å². The van der Waals surface area contributed by atoms with Crippen molar-refractivity contribution < 1.29 is 108 Å². The summed E-state index contributed by atoms with van der Waals surface area (Å²) in [6, 6.07) is 15.3. The zero-order chi connectivity index (χ0) is 55.0. The molecule has 0 saturated carbocycles. The molecule has 73 heavy (non-hydrogen) atoms. The molecule has 0 saturated heterocycles. The number of halogens is 17. The number of benzene rings is 6. The Bertz CT molecular complexity index is 3000. The van der Waals surface area contributed by atoms with Gasteiger partial charge in [-0.1, -0.05) is 0 Å². The van der Waals surface area contributed by atoms with Crippen molar-refractivity contribution >= 4 is 45.9 Å². The first-order valence-electron chi connectivity index (χ1n) is 19.0. The topological polar surface area (TPSA) is 195 Å². The van der Waals surface area contributed by atoms with Crippen LogP contribution in [0.2, 0.25) is 0 Å². The van der Waals surface area contributed by atoms with E-state index in [9.17, 15) is 89.4 Å². The summed E-state index contributed by atoms with van der Waals surface area (Å²) < 4.78 is 224. The Kier molecular flexibility index (Phi) is 17.8. The lowest BCUT2D eigenvalue weighted by molar-refractivity contribution is -0.275. The second-order valence-electron chi connectivity index (χ2n) is 13.7. The van der Waals surface area contributed by atoms with Crippen molar-refractivity contribution in [3.05, 3.63) is 166 Å². The first kappa shape index (κ1) is 57.2. The first-order chi connectivity index (χ1) is 33.6. The van der Waals surface area contributed by atoms with Crippen molar-refractivity contribution in [3.8, 4) is 34.5 Å². The molecule has 6 aromatic carbocycles. The lowest BCUT2D eigenvalue weighted by Crippen LogP contribution is -2.19. The van der Waals surface area contributed by atoms with Crippen LogP contribution in [0.3, 0.4) is 0 Å². The van der Waals surface area contributed by atoms with Gasteiger partial charge in [0.15, 0.2) is 11.6 Å². The molecule has 388 valence electrons. The van der Waals surface area contributed by atoms with Gasteiger partial charge in [-0.2, -0.15) is 26.3 Å². The Balaban J connectivity index is 0.000000270. The maximum Gasteiger partial charge on any atom is 0.573 e. The van der Waals surface area contributed by atoms with Crippen LogP contribution in [0.1, 0.15) is 52.6 Å². The molecule has 0 radical (unpaired) electrons. The van der Waals surface area contributed by atoms with E-state index in [-0.39, 0.29) is 28.4 Å². The molecule has 0 heterocycles. The lowest BCUT2D eigenvalue weighted by Gasteiger charge is -2.16. The molecule has 0 aliphatic heterocycles. The summed E-state index contributed by atoms with van der Waals surface area (Å²) in [5, 5.41) is 0.441. The van der Waals surface area contributed by atoms with Crippen molar-refractivity contribution in [2.75, 3.05) is 11.1 Å². The molecule has 12 nitrogen and oxygen atoms in total. The van der Waals surface area contributed by atoms with Crippen molar-refractivity contribution in [2.45, 2.75) is 25.1 Å². The number of ether oxygens (including phenoxy) is 4. The zero-order valence-electron chi connectivity index (χ0n) is 35.3. The predicted octanol–water partition coefficient (Wildman–Crippen LogP) is 12.4. The van der Waals surface area contributed by atoms with E-state index in [4.69, 9.17) is 38.3 Å². The number of anilines is 2. The molecule has 0 aromatic heterocycles. The van der Waals surface area contributed by atoms with Crippen molar-refractivity contribution in [3.63, 3.8) is 0 Å². The molecule has 6 aromatic rings. The van der Waals surface area contributed by atoms with E-state index in [2.05, 4.69) is 9.47 Å². The largest absolute Gasteiger partial charge is 0.573 e. The number of carbonyl (C=O) groups excluding carboxylic acids is 4. The summed E-state index contributed by atoms with van der Waals surface area (Å²) in [5.41, 5.74) is 8.35. The minimum atomic E-state index is -5.20. The van der Waals surface area contributed by atoms with E-state index in [1.165, 1.54) is 12.1 Å². The fourth-order valence-corrected chi connectivity index (χ4v) is 5.69. The molecular formula is C44H25ClF16N4O8. The summed E-state index contributed by atoms with van der Waals surface area (Å²) in [6.45, 7) is 0. The van der Waals surface area contributed by atoms with Crippen molar-refractivity contribution in [2.24, 2.45) is 11.5 Å². The van der Waals surface area contributed by atoms with Gasteiger partial charge in [0.25, 0.3) is 23.0 Å². The van der Waals surface area contributed by atoms with Crippen molar-refractivity contribution in [1.29, 1.82) is 0 Å². The summed E-state index contributed by atoms with van der Waals surface area (Å²) in [6.07, 6.45) is -20.2. The van der Waals surface area contributed by atoms with E-state index < -0.39 is 122 Å². The minimum Gasteiger partial charge on any atom is -0.456 e. The SMILES string of the molecule is NC(=O)c1ccc(N)cc1F.NC(=O)c1ccc(NC(=O)c2c(Oc3ccc(OC(F)(F)F)cc3)ccc(C(F)(F)F)c2F)cc1F.O=C(Cl)c1c(Oc2ccc(OC(F)(F)F)cc2)ccc(C(F)(F)F)c1F. The van der Waals surface area contributed by atoms with Gasteiger partial charge in [-0.3, -0.25) is 19.2 Å². The number of primary amides is 2. The van der Waals surface area contributed by atoms with Gasteiger partial charge >= 0.3 is 25.1 Å². The van der Waals surface area contributed by atoms with Crippen LogP contribution in [0, 0.1) is 23.3 Å². The number of amides is 3. The van der Waals surface area contributed by atoms with Crippen LogP contribution >= 0.6 is 11.6 Å². The second kappa shape index (κ2) is 22.8. The van der Waals surface area contributed by atoms with Gasteiger partial charge < -0.3 is 41.5 Å². The summed E-state index contributed by atoms with van der Waals surface area (Å²) in [5.74, 6) is -12.3. The Hall–Kier alpha value is -8.43. The van der Waals surface area contributed by atoms with E-state index in [1.807, 2.05) is 5.32 Å². The fraction of sp³-hybridized carbons (Fsp3) is 0.0909. The third kappa shape index (κ3) is 16.3. The Morgan fingerprint density at radius 3 is 1.21 bits per heavy atom. The van der Waals surface area contributed by atoms with Gasteiger partial charge in [-0.05, 0) is 121 Å². The van der Waals surface area contributed by atoms with Gasteiger partial charge in [-0.15, -0.1) is 26.3 Å². The summed E-state index contributed by atoms with van der Waals surface area (Å²) >= 11 is 5.13. The third-order valence-electron chi connectivity index (χ3n) is 8.56.